The first-order valence-corrected chi connectivity index (χ1v) is 7.29. The van der Waals surface area contributed by atoms with Crippen LogP contribution in [0.1, 0.15) is 32.9 Å². The SMILES string of the molecule is Cc1csc(=O)n1CCC(=O)NCC(=O)NC(C)(C)C. The molecule has 20 heavy (non-hydrogen) atoms. The third-order valence-corrected chi connectivity index (χ3v) is 3.38. The Morgan fingerprint density at radius 2 is 1.95 bits per heavy atom. The summed E-state index contributed by atoms with van der Waals surface area (Å²) in [5, 5.41) is 7.06. The summed E-state index contributed by atoms with van der Waals surface area (Å²) >= 11 is 1.12. The van der Waals surface area contributed by atoms with Crippen molar-refractivity contribution in [2.45, 2.75) is 46.2 Å². The van der Waals surface area contributed by atoms with Crippen molar-refractivity contribution in [2.24, 2.45) is 0 Å². The van der Waals surface area contributed by atoms with Crippen molar-refractivity contribution in [1.29, 1.82) is 0 Å². The molecule has 0 saturated carbocycles. The van der Waals surface area contributed by atoms with Crippen LogP contribution in [-0.4, -0.2) is 28.5 Å². The third kappa shape index (κ3) is 5.56. The van der Waals surface area contributed by atoms with Gasteiger partial charge >= 0.3 is 4.87 Å². The first-order chi connectivity index (χ1) is 9.19. The minimum Gasteiger partial charge on any atom is -0.350 e. The van der Waals surface area contributed by atoms with Crippen LogP contribution < -0.4 is 15.5 Å². The largest absolute Gasteiger partial charge is 0.350 e. The lowest BCUT2D eigenvalue weighted by atomic mass is 10.1. The molecule has 0 aliphatic carbocycles. The smallest absolute Gasteiger partial charge is 0.307 e. The molecule has 1 rings (SSSR count). The van der Waals surface area contributed by atoms with E-state index in [1.807, 2.05) is 27.7 Å². The zero-order chi connectivity index (χ0) is 15.3. The number of aromatic nitrogens is 1. The van der Waals surface area contributed by atoms with Crippen LogP contribution in [0.5, 0.6) is 0 Å². The summed E-state index contributed by atoms with van der Waals surface area (Å²) in [6.45, 7) is 7.73. The molecule has 2 N–H and O–H groups in total. The van der Waals surface area contributed by atoms with Crippen molar-refractivity contribution < 1.29 is 9.59 Å². The Kier molecular flexibility index (Phi) is 5.50. The maximum Gasteiger partial charge on any atom is 0.307 e. The predicted octanol–water partition coefficient (Wildman–Crippen LogP) is 0.639. The van der Waals surface area contributed by atoms with Crippen LogP contribution >= 0.6 is 11.3 Å². The van der Waals surface area contributed by atoms with E-state index in [9.17, 15) is 14.4 Å². The Labute approximate surface area is 122 Å². The monoisotopic (exact) mass is 299 g/mol. The van der Waals surface area contributed by atoms with Gasteiger partial charge in [0, 0.05) is 29.6 Å². The summed E-state index contributed by atoms with van der Waals surface area (Å²) < 4.78 is 1.56. The number of carbonyl (C=O) groups is 2. The molecule has 0 aliphatic rings. The summed E-state index contributed by atoms with van der Waals surface area (Å²) in [7, 11) is 0. The van der Waals surface area contributed by atoms with E-state index in [0.717, 1.165) is 17.0 Å². The number of hydrogen-bond acceptors (Lipinski definition) is 4. The lowest BCUT2D eigenvalue weighted by molar-refractivity contribution is -0.127. The number of thiazole rings is 1. The Hall–Kier alpha value is -1.63. The van der Waals surface area contributed by atoms with Gasteiger partial charge in [-0.1, -0.05) is 11.3 Å². The highest BCUT2D eigenvalue weighted by Gasteiger charge is 2.14. The number of hydrogen-bond donors (Lipinski definition) is 2. The van der Waals surface area contributed by atoms with Crippen molar-refractivity contribution in [3.63, 3.8) is 0 Å². The zero-order valence-electron chi connectivity index (χ0n) is 12.3. The molecule has 0 bridgehead atoms. The van der Waals surface area contributed by atoms with Gasteiger partial charge in [0.15, 0.2) is 0 Å². The van der Waals surface area contributed by atoms with E-state index in [2.05, 4.69) is 10.6 Å². The number of amides is 2. The number of aryl methyl sites for hydroxylation is 1. The fourth-order valence-electron chi connectivity index (χ4n) is 1.62. The first kappa shape index (κ1) is 16.4. The molecule has 0 fully saturated rings. The van der Waals surface area contributed by atoms with Gasteiger partial charge in [-0.05, 0) is 27.7 Å². The van der Waals surface area contributed by atoms with E-state index in [-0.39, 0.29) is 35.2 Å². The lowest BCUT2D eigenvalue weighted by Gasteiger charge is -2.20. The second kappa shape index (κ2) is 6.69. The fourth-order valence-corrected chi connectivity index (χ4v) is 2.38. The molecule has 0 radical (unpaired) electrons. The summed E-state index contributed by atoms with van der Waals surface area (Å²) in [6, 6.07) is 0. The molecule has 6 nitrogen and oxygen atoms in total. The van der Waals surface area contributed by atoms with Crippen molar-refractivity contribution >= 4 is 23.2 Å². The van der Waals surface area contributed by atoms with E-state index in [1.54, 1.807) is 9.95 Å². The molecular formula is C13H21N3O3S. The van der Waals surface area contributed by atoms with Gasteiger partial charge in [-0.15, -0.1) is 0 Å². The fraction of sp³-hybridized carbons (Fsp3) is 0.615. The molecule has 112 valence electrons. The molecule has 1 heterocycles. The van der Waals surface area contributed by atoms with E-state index in [4.69, 9.17) is 0 Å². The normalized spacial score (nSPS) is 11.2. The summed E-state index contributed by atoms with van der Waals surface area (Å²) in [5.74, 6) is -0.471. The van der Waals surface area contributed by atoms with Crippen molar-refractivity contribution in [3.05, 3.63) is 20.7 Å². The topological polar surface area (TPSA) is 80.2 Å². The summed E-state index contributed by atoms with van der Waals surface area (Å²) in [4.78, 5) is 34.5. The minimum absolute atomic E-state index is 0.0480. The van der Waals surface area contributed by atoms with Crippen LogP contribution in [0, 0.1) is 6.92 Å². The Morgan fingerprint density at radius 1 is 1.30 bits per heavy atom. The summed E-state index contributed by atoms with van der Waals surface area (Å²) in [6.07, 6.45) is 0.181. The predicted molar refractivity (Wildman–Crippen MR) is 78.8 cm³/mol. The summed E-state index contributed by atoms with van der Waals surface area (Å²) in [5.41, 5.74) is 0.529. The van der Waals surface area contributed by atoms with Gasteiger partial charge in [-0.2, -0.15) is 0 Å². The van der Waals surface area contributed by atoms with E-state index in [0.29, 0.717) is 6.54 Å². The molecule has 1 aromatic rings. The highest BCUT2D eigenvalue weighted by atomic mass is 32.1. The average molecular weight is 299 g/mol. The van der Waals surface area contributed by atoms with E-state index < -0.39 is 0 Å². The Balaban J connectivity index is 2.35. The van der Waals surface area contributed by atoms with Gasteiger partial charge in [-0.25, -0.2) is 0 Å². The van der Waals surface area contributed by atoms with Crippen LogP contribution in [0.4, 0.5) is 0 Å². The molecule has 0 saturated heterocycles. The minimum atomic E-state index is -0.317. The molecule has 0 aliphatic heterocycles. The quantitative estimate of drug-likeness (QED) is 0.837. The van der Waals surface area contributed by atoms with Gasteiger partial charge < -0.3 is 15.2 Å². The van der Waals surface area contributed by atoms with Crippen LogP contribution in [0.3, 0.4) is 0 Å². The lowest BCUT2D eigenvalue weighted by Crippen LogP contribution is -2.45. The van der Waals surface area contributed by atoms with Gasteiger partial charge in [0.2, 0.25) is 11.8 Å². The number of carbonyl (C=O) groups excluding carboxylic acids is 2. The Bertz CT molecular complexity index is 540. The van der Waals surface area contributed by atoms with Crippen molar-refractivity contribution in [3.8, 4) is 0 Å². The van der Waals surface area contributed by atoms with Gasteiger partial charge in [0.05, 0.1) is 6.54 Å². The molecule has 0 atom stereocenters. The molecule has 0 aromatic carbocycles. The van der Waals surface area contributed by atoms with Crippen LogP contribution in [0.2, 0.25) is 0 Å². The second-order valence-electron chi connectivity index (χ2n) is 5.62. The van der Waals surface area contributed by atoms with Crippen LogP contribution in [0.25, 0.3) is 0 Å². The Morgan fingerprint density at radius 3 is 2.45 bits per heavy atom. The van der Waals surface area contributed by atoms with Gasteiger partial charge in [0.25, 0.3) is 0 Å². The molecule has 7 heteroatoms. The average Bonchev–Trinajstić information content (AvgIpc) is 2.62. The van der Waals surface area contributed by atoms with E-state index in [1.165, 1.54) is 0 Å². The molecule has 1 aromatic heterocycles. The van der Waals surface area contributed by atoms with Gasteiger partial charge in [-0.3, -0.25) is 14.4 Å². The molecule has 0 unspecified atom stereocenters. The number of rotatable bonds is 5. The van der Waals surface area contributed by atoms with E-state index >= 15 is 0 Å². The standard InChI is InChI=1S/C13H21N3O3S/c1-9-8-20-12(19)16(9)6-5-10(17)14-7-11(18)15-13(2,3)4/h8H,5-7H2,1-4H3,(H,14,17)(H,15,18). The zero-order valence-corrected chi connectivity index (χ0v) is 13.1. The molecule has 0 spiro atoms. The third-order valence-electron chi connectivity index (χ3n) is 2.50. The molecule has 2 amide bonds. The van der Waals surface area contributed by atoms with Crippen LogP contribution in [-0.2, 0) is 16.1 Å². The second-order valence-corrected chi connectivity index (χ2v) is 6.44. The molecular weight excluding hydrogens is 278 g/mol. The maximum atomic E-state index is 11.6. The van der Waals surface area contributed by atoms with Gasteiger partial charge in [0.1, 0.15) is 0 Å². The first-order valence-electron chi connectivity index (χ1n) is 6.41. The van der Waals surface area contributed by atoms with Crippen molar-refractivity contribution in [1.82, 2.24) is 15.2 Å². The number of nitrogens with zero attached hydrogens (tertiary/aromatic N) is 1. The highest BCUT2D eigenvalue weighted by molar-refractivity contribution is 7.07. The number of nitrogens with one attached hydrogen (secondary N) is 2. The maximum absolute atomic E-state index is 11.6. The highest BCUT2D eigenvalue weighted by Crippen LogP contribution is 2.00. The van der Waals surface area contributed by atoms with Crippen LogP contribution in [0.15, 0.2) is 10.2 Å². The van der Waals surface area contributed by atoms with Crippen molar-refractivity contribution in [2.75, 3.05) is 6.54 Å².